The predicted molar refractivity (Wildman–Crippen MR) is 121 cm³/mol. The standard InChI is InChI=1S/C24H16Br2O2/c25-19-14-18(17-12-7-13-20(27)24(17)28)21(15-8-3-1-4-9-15)22(23(19)26)16-10-5-2-6-11-16/h1-14,27-28H. The fourth-order valence-electron chi connectivity index (χ4n) is 3.37. The zero-order valence-corrected chi connectivity index (χ0v) is 17.9. The van der Waals surface area contributed by atoms with E-state index in [-0.39, 0.29) is 11.5 Å². The molecular formula is C24H16Br2O2. The van der Waals surface area contributed by atoms with Crippen LogP contribution in [0.1, 0.15) is 0 Å². The van der Waals surface area contributed by atoms with Gasteiger partial charge in [-0.05, 0) is 66.2 Å². The Morgan fingerprint density at radius 2 is 1.14 bits per heavy atom. The Labute approximate surface area is 180 Å². The zero-order chi connectivity index (χ0) is 19.7. The lowest BCUT2D eigenvalue weighted by molar-refractivity contribution is 0.405. The summed E-state index contributed by atoms with van der Waals surface area (Å²) in [5.41, 5.74) is 5.46. The van der Waals surface area contributed by atoms with Gasteiger partial charge in [-0.2, -0.15) is 0 Å². The number of benzene rings is 4. The maximum absolute atomic E-state index is 10.6. The van der Waals surface area contributed by atoms with Crippen molar-refractivity contribution in [1.82, 2.24) is 0 Å². The van der Waals surface area contributed by atoms with Gasteiger partial charge in [0, 0.05) is 20.1 Å². The largest absolute Gasteiger partial charge is 0.504 e. The van der Waals surface area contributed by atoms with Gasteiger partial charge in [-0.25, -0.2) is 0 Å². The monoisotopic (exact) mass is 494 g/mol. The number of hydrogen-bond donors (Lipinski definition) is 2. The van der Waals surface area contributed by atoms with E-state index in [1.54, 1.807) is 6.07 Å². The first kappa shape index (κ1) is 18.8. The maximum atomic E-state index is 10.6. The maximum Gasteiger partial charge on any atom is 0.165 e. The van der Waals surface area contributed by atoms with Gasteiger partial charge in [0.25, 0.3) is 0 Å². The third-order valence-corrected chi connectivity index (χ3v) is 6.63. The van der Waals surface area contributed by atoms with E-state index in [1.807, 2.05) is 60.7 Å². The highest BCUT2D eigenvalue weighted by molar-refractivity contribution is 9.13. The van der Waals surface area contributed by atoms with Gasteiger partial charge in [0.15, 0.2) is 11.5 Å². The van der Waals surface area contributed by atoms with Crippen molar-refractivity contribution in [1.29, 1.82) is 0 Å². The lowest BCUT2D eigenvalue weighted by Gasteiger charge is -2.20. The number of rotatable bonds is 3. The molecule has 0 aliphatic heterocycles. The van der Waals surface area contributed by atoms with Crippen molar-refractivity contribution >= 4 is 31.9 Å². The van der Waals surface area contributed by atoms with Crippen LogP contribution in [0, 0.1) is 0 Å². The van der Waals surface area contributed by atoms with E-state index in [1.165, 1.54) is 6.07 Å². The minimum atomic E-state index is -0.142. The second-order valence-electron chi connectivity index (χ2n) is 6.38. The van der Waals surface area contributed by atoms with Crippen LogP contribution >= 0.6 is 31.9 Å². The summed E-state index contributed by atoms with van der Waals surface area (Å²) in [6.07, 6.45) is 0. The molecule has 4 rings (SSSR count). The molecular weight excluding hydrogens is 480 g/mol. The van der Waals surface area contributed by atoms with Crippen LogP contribution < -0.4 is 0 Å². The van der Waals surface area contributed by atoms with Crippen LogP contribution in [0.3, 0.4) is 0 Å². The molecule has 4 aromatic carbocycles. The average molecular weight is 496 g/mol. The van der Waals surface area contributed by atoms with Crippen LogP contribution in [-0.2, 0) is 0 Å². The molecule has 28 heavy (non-hydrogen) atoms. The summed E-state index contributed by atoms with van der Waals surface area (Å²) in [6.45, 7) is 0. The number of para-hydroxylation sites is 1. The van der Waals surface area contributed by atoms with Gasteiger partial charge in [0.05, 0.1) is 0 Å². The van der Waals surface area contributed by atoms with Crippen molar-refractivity contribution in [3.63, 3.8) is 0 Å². The van der Waals surface area contributed by atoms with Crippen molar-refractivity contribution in [3.05, 3.63) is 93.9 Å². The molecule has 0 fully saturated rings. The predicted octanol–water partition coefficient (Wildman–Crippen LogP) is 7.62. The molecule has 0 aromatic heterocycles. The summed E-state index contributed by atoms with van der Waals surface area (Å²) in [6, 6.07) is 27.2. The molecule has 138 valence electrons. The van der Waals surface area contributed by atoms with Gasteiger partial charge < -0.3 is 10.2 Å². The Bertz CT molecular complexity index is 1140. The van der Waals surface area contributed by atoms with E-state index < -0.39 is 0 Å². The number of hydrogen-bond acceptors (Lipinski definition) is 2. The van der Waals surface area contributed by atoms with Crippen LogP contribution in [0.4, 0.5) is 0 Å². The summed E-state index contributed by atoms with van der Waals surface area (Å²) >= 11 is 7.40. The van der Waals surface area contributed by atoms with Crippen molar-refractivity contribution in [2.45, 2.75) is 0 Å². The van der Waals surface area contributed by atoms with Crippen molar-refractivity contribution in [3.8, 4) is 44.9 Å². The summed E-state index contributed by atoms with van der Waals surface area (Å²) in [5.74, 6) is -0.273. The minimum absolute atomic E-state index is 0.132. The normalized spacial score (nSPS) is 10.8. The highest BCUT2D eigenvalue weighted by Crippen LogP contribution is 2.49. The second-order valence-corrected chi connectivity index (χ2v) is 8.02. The molecule has 2 nitrogen and oxygen atoms in total. The van der Waals surface area contributed by atoms with E-state index in [0.717, 1.165) is 36.8 Å². The molecule has 0 atom stereocenters. The van der Waals surface area contributed by atoms with Gasteiger partial charge in [-0.15, -0.1) is 0 Å². The summed E-state index contributed by atoms with van der Waals surface area (Å²) < 4.78 is 1.80. The Morgan fingerprint density at radius 3 is 1.75 bits per heavy atom. The van der Waals surface area contributed by atoms with Gasteiger partial charge in [0.1, 0.15) is 0 Å². The number of halogens is 2. The molecule has 0 amide bonds. The summed E-state index contributed by atoms with van der Waals surface area (Å²) in [5, 5.41) is 20.6. The van der Waals surface area contributed by atoms with Gasteiger partial charge in [-0.3, -0.25) is 0 Å². The Morgan fingerprint density at radius 1 is 0.571 bits per heavy atom. The second kappa shape index (κ2) is 7.82. The van der Waals surface area contributed by atoms with E-state index >= 15 is 0 Å². The molecule has 4 heteroatoms. The number of phenolic OH excluding ortho intramolecular Hbond substituents is 2. The molecule has 0 bridgehead atoms. The van der Waals surface area contributed by atoms with Gasteiger partial charge in [0.2, 0.25) is 0 Å². The van der Waals surface area contributed by atoms with Gasteiger partial charge >= 0.3 is 0 Å². The van der Waals surface area contributed by atoms with Crippen molar-refractivity contribution in [2.75, 3.05) is 0 Å². The fraction of sp³-hybridized carbons (Fsp3) is 0. The quantitative estimate of drug-likeness (QED) is 0.287. The molecule has 0 aliphatic carbocycles. The minimum Gasteiger partial charge on any atom is -0.504 e. The Hall–Kier alpha value is -2.56. The van der Waals surface area contributed by atoms with E-state index in [2.05, 4.69) is 44.0 Å². The van der Waals surface area contributed by atoms with Crippen LogP contribution in [0.25, 0.3) is 33.4 Å². The van der Waals surface area contributed by atoms with Crippen molar-refractivity contribution < 1.29 is 10.2 Å². The molecule has 0 saturated carbocycles. The number of aromatic hydroxyl groups is 2. The fourth-order valence-corrected chi connectivity index (χ4v) is 4.34. The third-order valence-electron chi connectivity index (χ3n) is 4.65. The van der Waals surface area contributed by atoms with E-state index in [0.29, 0.717) is 5.56 Å². The smallest absolute Gasteiger partial charge is 0.165 e. The third kappa shape index (κ3) is 3.34. The molecule has 0 saturated heterocycles. The zero-order valence-electron chi connectivity index (χ0n) is 14.7. The summed E-state index contributed by atoms with van der Waals surface area (Å²) in [7, 11) is 0. The molecule has 0 radical (unpaired) electrons. The average Bonchev–Trinajstić information content (AvgIpc) is 2.73. The first-order valence-electron chi connectivity index (χ1n) is 8.72. The van der Waals surface area contributed by atoms with Crippen LogP contribution in [0.15, 0.2) is 93.9 Å². The summed E-state index contributed by atoms with van der Waals surface area (Å²) in [4.78, 5) is 0. The first-order chi connectivity index (χ1) is 13.6. The molecule has 2 N–H and O–H groups in total. The number of phenols is 2. The van der Waals surface area contributed by atoms with Crippen LogP contribution in [-0.4, -0.2) is 10.2 Å². The molecule has 0 aliphatic rings. The Kier molecular flexibility index (Phi) is 5.25. The topological polar surface area (TPSA) is 40.5 Å². The SMILES string of the molecule is Oc1cccc(-c2cc(Br)c(Br)c(-c3ccccc3)c2-c2ccccc2)c1O. The highest BCUT2D eigenvalue weighted by atomic mass is 79.9. The van der Waals surface area contributed by atoms with Crippen LogP contribution in [0.2, 0.25) is 0 Å². The molecule has 0 heterocycles. The van der Waals surface area contributed by atoms with Gasteiger partial charge in [-0.1, -0.05) is 72.8 Å². The highest BCUT2D eigenvalue weighted by Gasteiger charge is 2.21. The first-order valence-corrected chi connectivity index (χ1v) is 10.3. The molecule has 0 unspecified atom stereocenters. The van der Waals surface area contributed by atoms with Crippen molar-refractivity contribution in [2.24, 2.45) is 0 Å². The Balaban J connectivity index is 2.16. The molecule has 4 aromatic rings. The lowest BCUT2D eigenvalue weighted by atomic mass is 9.87. The van der Waals surface area contributed by atoms with E-state index in [4.69, 9.17) is 0 Å². The van der Waals surface area contributed by atoms with Crippen LogP contribution in [0.5, 0.6) is 11.5 Å². The molecule has 0 spiro atoms. The van der Waals surface area contributed by atoms with E-state index in [9.17, 15) is 10.2 Å². The lowest BCUT2D eigenvalue weighted by Crippen LogP contribution is -1.93.